The molecule has 1 aliphatic heterocycles. The van der Waals surface area contributed by atoms with Crippen LogP contribution >= 0.6 is 0 Å². The largest absolute Gasteiger partial charge is 0.465 e. The van der Waals surface area contributed by atoms with E-state index in [-0.39, 0.29) is 11.3 Å². The standard InChI is InChI=1S/C23H19FN2O5/c1-12-19(13-6-4-3-5-7-13)25-30-21(12)23(28)17-9-8-14-10-16(22(27)29-2)18(24)11-15(14)20(17)26-31-23/h3-7,10-11,17,28H,8-9H2,1-2H3. The van der Waals surface area contributed by atoms with Crippen molar-refractivity contribution in [1.82, 2.24) is 5.16 Å². The van der Waals surface area contributed by atoms with Crippen molar-refractivity contribution in [3.05, 3.63) is 76.3 Å². The minimum absolute atomic E-state index is 0.131. The second-order valence-corrected chi connectivity index (χ2v) is 7.69. The van der Waals surface area contributed by atoms with E-state index >= 15 is 0 Å². The lowest BCUT2D eigenvalue weighted by Gasteiger charge is -2.29. The van der Waals surface area contributed by atoms with Crippen molar-refractivity contribution < 1.29 is 28.4 Å². The number of carbonyl (C=O) groups excluding carboxylic acids is 1. The molecule has 1 aliphatic carbocycles. The predicted molar refractivity (Wildman–Crippen MR) is 108 cm³/mol. The number of esters is 1. The fraction of sp³-hybridized carbons (Fsp3) is 0.261. The smallest absolute Gasteiger partial charge is 0.340 e. The zero-order chi connectivity index (χ0) is 21.8. The SMILES string of the molecule is COC(=O)c1cc2c(cc1F)C1=NOC(O)(c3onc(-c4ccccc4)c3C)C1CC2. The first-order valence-electron chi connectivity index (χ1n) is 9.85. The molecule has 31 heavy (non-hydrogen) atoms. The first kappa shape index (κ1) is 19.4. The van der Waals surface area contributed by atoms with Crippen LogP contribution in [0.2, 0.25) is 0 Å². The second kappa shape index (κ2) is 7.02. The molecule has 2 heterocycles. The van der Waals surface area contributed by atoms with Crippen LogP contribution in [0.3, 0.4) is 0 Å². The Morgan fingerprint density at radius 1 is 1.29 bits per heavy atom. The highest BCUT2D eigenvalue weighted by atomic mass is 19.1. The van der Waals surface area contributed by atoms with Crippen LogP contribution < -0.4 is 0 Å². The molecule has 158 valence electrons. The number of hydrogen-bond acceptors (Lipinski definition) is 7. The number of aromatic nitrogens is 1. The van der Waals surface area contributed by atoms with Gasteiger partial charge in [-0.25, -0.2) is 9.18 Å². The Morgan fingerprint density at radius 3 is 2.81 bits per heavy atom. The van der Waals surface area contributed by atoms with Crippen LogP contribution in [-0.2, 0) is 21.8 Å². The van der Waals surface area contributed by atoms with E-state index in [0.29, 0.717) is 35.4 Å². The number of aliphatic hydroxyl groups is 1. The van der Waals surface area contributed by atoms with E-state index in [1.165, 1.54) is 19.2 Å². The van der Waals surface area contributed by atoms with Crippen LogP contribution in [0.1, 0.15) is 39.2 Å². The number of hydrogen-bond donors (Lipinski definition) is 1. The summed E-state index contributed by atoms with van der Waals surface area (Å²) in [5, 5.41) is 19.7. The van der Waals surface area contributed by atoms with Gasteiger partial charge in [0.25, 0.3) is 0 Å². The Kier molecular flexibility index (Phi) is 4.40. The summed E-state index contributed by atoms with van der Waals surface area (Å²) in [7, 11) is 1.20. The minimum Gasteiger partial charge on any atom is -0.465 e. The minimum atomic E-state index is -1.85. The summed E-state index contributed by atoms with van der Waals surface area (Å²) in [6.45, 7) is 1.80. The lowest BCUT2D eigenvalue weighted by atomic mass is 9.76. The average molecular weight is 422 g/mol. The summed E-state index contributed by atoms with van der Waals surface area (Å²) < 4.78 is 24.7. The highest BCUT2D eigenvalue weighted by molar-refractivity contribution is 6.06. The lowest BCUT2D eigenvalue weighted by Crippen LogP contribution is -2.39. The van der Waals surface area contributed by atoms with Crippen LogP contribution in [0.25, 0.3) is 11.3 Å². The van der Waals surface area contributed by atoms with Gasteiger partial charge in [0.15, 0.2) is 0 Å². The molecule has 0 bridgehead atoms. The molecule has 8 heteroatoms. The fourth-order valence-electron chi connectivity index (χ4n) is 4.36. The molecule has 1 N–H and O–H groups in total. The van der Waals surface area contributed by atoms with Crippen molar-refractivity contribution in [2.75, 3.05) is 7.11 Å². The van der Waals surface area contributed by atoms with Gasteiger partial charge in [0.1, 0.15) is 11.5 Å². The van der Waals surface area contributed by atoms with Gasteiger partial charge in [-0.15, -0.1) is 0 Å². The quantitative estimate of drug-likeness (QED) is 0.647. The first-order valence-corrected chi connectivity index (χ1v) is 9.85. The summed E-state index contributed by atoms with van der Waals surface area (Å²) in [5.74, 6) is -3.71. The molecule has 2 aromatic carbocycles. The van der Waals surface area contributed by atoms with Crippen LogP contribution in [0.15, 0.2) is 52.1 Å². The maximum atomic E-state index is 14.6. The van der Waals surface area contributed by atoms with Gasteiger partial charge < -0.3 is 19.2 Å². The Hall–Kier alpha value is -3.52. The summed E-state index contributed by atoms with van der Waals surface area (Å²) in [6.07, 6.45) is 0.961. The van der Waals surface area contributed by atoms with Gasteiger partial charge in [-0.2, -0.15) is 0 Å². The molecule has 3 aromatic rings. The van der Waals surface area contributed by atoms with E-state index < -0.39 is 23.5 Å². The van der Waals surface area contributed by atoms with Crippen molar-refractivity contribution in [1.29, 1.82) is 0 Å². The molecular weight excluding hydrogens is 403 g/mol. The highest BCUT2D eigenvalue weighted by Gasteiger charge is 2.55. The van der Waals surface area contributed by atoms with Crippen molar-refractivity contribution in [3.63, 3.8) is 0 Å². The van der Waals surface area contributed by atoms with Crippen molar-refractivity contribution in [2.24, 2.45) is 11.1 Å². The number of rotatable bonds is 3. The Labute approximate surface area is 177 Å². The number of aryl methyl sites for hydroxylation is 1. The van der Waals surface area contributed by atoms with Crippen LogP contribution in [0.5, 0.6) is 0 Å². The molecule has 2 unspecified atom stereocenters. The molecule has 2 aliphatic rings. The van der Waals surface area contributed by atoms with Gasteiger partial charge in [0.2, 0.25) is 5.76 Å². The summed E-state index contributed by atoms with van der Waals surface area (Å²) in [5.41, 5.74) is 3.62. The zero-order valence-electron chi connectivity index (χ0n) is 16.9. The monoisotopic (exact) mass is 422 g/mol. The van der Waals surface area contributed by atoms with E-state index in [1.54, 1.807) is 6.92 Å². The number of carbonyl (C=O) groups is 1. The Bertz CT molecular complexity index is 1220. The molecule has 1 aromatic heterocycles. The van der Waals surface area contributed by atoms with Gasteiger partial charge in [0.05, 0.1) is 24.3 Å². The van der Waals surface area contributed by atoms with E-state index in [2.05, 4.69) is 15.0 Å². The molecule has 0 saturated heterocycles. The normalized spacial score (nSPS) is 21.7. The molecule has 0 spiro atoms. The van der Waals surface area contributed by atoms with E-state index in [4.69, 9.17) is 9.36 Å². The van der Waals surface area contributed by atoms with Gasteiger partial charge in [0, 0.05) is 16.7 Å². The van der Waals surface area contributed by atoms with E-state index in [1.807, 2.05) is 30.3 Å². The summed E-state index contributed by atoms with van der Waals surface area (Å²) >= 11 is 0. The first-order chi connectivity index (χ1) is 14.9. The number of fused-ring (bicyclic) bond motifs is 3. The second-order valence-electron chi connectivity index (χ2n) is 7.69. The maximum Gasteiger partial charge on any atom is 0.340 e. The Morgan fingerprint density at radius 2 is 2.06 bits per heavy atom. The third kappa shape index (κ3) is 2.86. The summed E-state index contributed by atoms with van der Waals surface area (Å²) in [6, 6.07) is 12.2. The van der Waals surface area contributed by atoms with Gasteiger partial charge in [-0.3, -0.25) is 0 Å². The molecule has 5 rings (SSSR count). The molecule has 0 saturated carbocycles. The third-order valence-electron chi connectivity index (χ3n) is 5.96. The van der Waals surface area contributed by atoms with E-state index in [9.17, 15) is 14.3 Å². The average Bonchev–Trinajstić information content (AvgIpc) is 3.34. The number of halogens is 1. The molecule has 0 fully saturated rings. The number of methoxy groups -OCH3 is 1. The van der Waals surface area contributed by atoms with Crippen LogP contribution in [0, 0.1) is 18.7 Å². The highest BCUT2D eigenvalue weighted by Crippen LogP contribution is 2.46. The van der Waals surface area contributed by atoms with Gasteiger partial charge >= 0.3 is 11.8 Å². The molecule has 0 radical (unpaired) electrons. The zero-order valence-corrected chi connectivity index (χ0v) is 16.9. The van der Waals surface area contributed by atoms with Crippen molar-refractivity contribution >= 4 is 11.7 Å². The molecule has 0 amide bonds. The number of benzene rings is 2. The third-order valence-corrected chi connectivity index (χ3v) is 5.96. The van der Waals surface area contributed by atoms with Gasteiger partial charge in [-0.1, -0.05) is 40.6 Å². The number of nitrogens with zero attached hydrogens (tertiary/aromatic N) is 2. The summed E-state index contributed by atoms with van der Waals surface area (Å²) in [4.78, 5) is 17.3. The number of oxime groups is 1. The fourth-order valence-corrected chi connectivity index (χ4v) is 4.36. The molecular formula is C23H19FN2O5. The predicted octanol–water partition coefficient (Wildman–Crippen LogP) is 3.72. The number of ether oxygens (including phenoxy) is 1. The lowest BCUT2D eigenvalue weighted by molar-refractivity contribution is -0.231. The molecule has 2 atom stereocenters. The van der Waals surface area contributed by atoms with Crippen LogP contribution in [0.4, 0.5) is 4.39 Å². The maximum absolute atomic E-state index is 14.6. The van der Waals surface area contributed by atoms with E-state index in [0.717, 1.165) is 11.1 Å². The van der Waals surface area contributed by atoms with Crippen molar-refractivity contribution in [2.45, 2.75) is 25.6 Å². The van der Waals surface area contributed by atoms with Crippen molar-refractivity contribution in [3.8, 4) is 11.3 Å². The van der Waals surface area contributed by atoms with Gasteiger partial charge in [-0.05, 0) is 37.5 Å². The molecule has 7 nitrogen and oxygen atoms in total. The van der Waals surface area contributed by atoms with Crippen LogP contribution in [-0.4, -0.2) is 29.1 Å². The Balaban J connectivity index is 1.52. The topological polar surface area (TPSA) is 94.2 Å².